The normalized spacial score (nSPS) is 11.1. The van der Waals surface area contributed by atoms with Gasteiger partial charge in [-0.15, -0.1) is 0 Å². The molecule has 5 nitrogen and oxygen atoms in total. The van der Waals surface area contributed by atoms with E-state index < -0.39 is 0 Å². The van der Waals surface area contributed by atoms with Gasteiger partial charge in [0.25, 0.3) is 0 Å². The Morgan fingerprint density at radius 2 is 2.21 bits per heavy atom. The summed E-state index contributed by atoms with van der Waals surface area (Å²) in [6.45, 7) is 3.29. The third kappa shape index (κ3) is 0.951. The molecule has 74 valence electrons. The predicted octanol–water partition coefficient (Wildman–Crippen LogP) is 1.26. The van der Waals surface area contributed by atoms with Crippen LogP contribution in [0.25, 0.3) is 11.1 Å². The quantitative estimate of drug-likeness (QED) is 0.692. The topological polar surface area (TPSA) is 74.1 Å². The fourth-order valence-corrected chi connectivity index (χ4v) is 1.67. The summed E-state index contributed by atoms with van der Waals surface area (Å²) in [4.78, 5) is 11.3. The predicted molar refractivity (Wildman–Crippen MR) is 52.1 cm³/mol. The van der Waals surface area contributed by atoms with Crippen molar-refractivity contribution in [3.63, 3.8) is 0 Å². The van der Waals surface area contributed by atoms with Crippen LogP contribution in [0.1, 0.15) is 23.0 Å². The number of carbonyl (C=O) groups is 1. The lowest BCUT2D eigenvalue weighted by Gasteiger charge is -1.91. The fourth-order valence-electron chi connectivity index (χ4n) is 1.67. The van der Waals surface area contributed by atoms with Gasteiger partial charge in [0.2, 0.25) is 11.6 Å². The third-order valence-corrected chi connectivity index (χ3v) is 2.22. The van der Waals surface area contributed by atoms with Crippen LogP contribution >= 0.6 is 0 Å². The Morgan fingerprint density at radius 3 is 2.79 bits per heavy atom. The monoisotopic (exact) mass is 193 g/mol. The second-order valence-electron chi connectivity index (χ2n) is 3.29. The standard InChI is InChI=1S/C9H11N3O2/c1-4-6-7(5(2)13)8(10)14-9(6)12(3)11-4/h10H2,1-3H3. The molecule has 0 atom stereocenters. The zero-order valence-electron chi connectivity index (χ0n) is 8.29. The van der Waals surface area contributed by atoms with E-state index in [1.165, 1.54) is 6.92 Å². The van der Waals surface area contributed by atoms with Crippen LogP contribution in [0.2, 0.25) is 0 Å². The average Bonchev–Trinajstić information content (AvgIpc) is 2.52. The number of hydrogen-bond donors (Lipinski definition) is 1. The number of nitrogen functional groups attached to an aromatic ring is 1. The van der Waals surface area contributed by atoms with Crippen LogP contribution in [0.3, 0.4) is 0 Å². The molecule has 0 aliphatic heterocycles. The van der Waals surface area contributed by atoms with Crippen LogP contribution in [0.15, 0.2) is 4.42 Å². The molecule has 0 spiro atoms. The van der Waals surface area contributed by atoms with Gasteiger partial charge in [-0.1, -0.05) is 0 Å². The molecule has 0 unspecified atom stereocenters. The maximum Gasteiger partial charge on any atom is 0.228 e. The first-order chi connectivity index (χ1) is 6.52. The van der Waals surface area contributed by atoms with Gasteiger partial charge in [0.05, 0.1) is 16.6 Å². The van der Waals surface area contributed by atoms with Crippen LogP contribution in [-0.4, -0.2) is 15.6 Å². The summed E-state index contributed by atoms with van der Waals surface area (Å²) in [5.41, 5.74) is 7.35. The minimum Gasteiger partial charge on any atom is -0.422 e. The molecule has 0 aliphatic rings. The van der Waals surface area contributed by atoms with Crippen molar-refractivity contribution in [2.45, 2.75) is 13.8 Å². The second kappa shape index (κ2) is 2.60. The number of anilines is 1. The summed E-state index contributed by atoms with van der Waals surface area (Å²) >= 11 is 0. The number of carbonyl (C=O) groups excluding carboxylic acids is 1. The minimum atomic E-state index is -0.0997. The number of hydrogen-bond acceptors (Lipinski definition) is 4. The number of nitrogens with two attached hydrogens (primary N) is 1. The van der Waals surface area contributed by atoms with Gasteiger partial charge in [-0.2, -0.15) is 5.10 Å². The van der Waals surface area contributed by atoms with Crippen molar-refractivity contribution in [2.24, 2.45) is 7.05 Å². The second-order valence-corrected chi connectivity index (χ2v) is 3.29. The minimum absolute atomic E-state index is 0.0997. The first kappa shape index (κ1) is 8.80. The third-order valence-electron chi connectivity index (χ3n) is 2.22. The largest absolute Gasteiger partial charge is 0.422 e. The van der Waals surface area contributed by atoms with Crippen molar-refractivity contribution < 1.29 is 9.21 Å². The van der Waals surface area contributed by atoms with Crippen molar-refractivity contribution in [1.29, 1.82) is 0 Å². The van der Waals surface area contributed by atoms with E-state index >= 15 is 0 Å². The molecule has 0 fully saturated rings. The first-order valence-corrected chi connectivity index (χ1v) is 4.25. The molecule has 2 rings (SSSR count). The van der Waals surface area contributed by atoms with E-state index in [1.54, 1.807) is 11.7 Å². The lowest BCUT2D eigenvalue weighted by molar-refractivity contribution is 0.101. The Kier molecular flexibility index (Phi) is 1.64. The van der Waals surface area contributed by atoms with Crippen molar-refractivity contribution in [1.82, 2.24) is 9.78 Å². The number of Topliss-reactive ketones (excluding diaryl/α,β-unsaturated/α-hetero) is 1. The molecule has 2 aromatic rings. The summed E-state index contributed by atoms with van der Waals surface area (Å²) in [7, 11) is 1.75. The molecule has 2 N–H and O–H groups in total. The van der Waals surface area contributed by atoms with E-state index in [0.717, 1.165) is 11.1 Å². The van der Waals surface area contributed by atoms with Gasteiger partial charge < -0.3 is 10.2 Å². The number of ketones is 1. The van der Waals surface area contributed by atoms with E-state index in [9.17, 15) is 4.79 Å². The highest BCUT2D eigenvalue weighted by Crippen LogP contribution is 2.30. The van der Waals surface area contributed by atoms with E-state index in [-0.39, 0.29) is 11.7 Å². The molecule has 0 aromatic carbocycles. The summed E-state index contributed by atoms with van der Waals surface area (Å²) in [6, 6.07) is 0. The summed E-state index contributed by atoms with van der Waals surface area (Å²) < 4.78 is 6.85. The smallest absolute Gasteiger partial charge is 0.228 e. The molecular weight excluding hydrogens is 182 g/mol. The Morgan fingerprint density at radius 1 is 1.57 bits per heavy atom. The molecule has 2 aromatic heterocycles. The Balaban J connectivity index is 2.93. The van der Waals surface area contributed by atoms with Crippen LogP contribution in [0.5, 0.6) is 0 Å². The molecule has 5 heteroatoms. The molecule has 0 aliphatic carbocycles. The maximum absolute atomic E-state index is 11.3. The SMILES string of the molecule is CC(=O)c1c(N)oc2c1c(C)nn2C. The first-order valence-electron chi connectivity index (χ1n) is 4.25. The van der Waals surface area contributed by atoms with Gasteiger partial charge in [0.1, 0.15) is 0 Å². The van der Waals surface area contributed by atoms with Gasteiger partial charge in [0, 0.05) is 7.05 Å². The van der Waals surface area contributed by atoms with Gasteiger partial charge in [-0.3, -0.25) is 4.79 Å². The Bertz CT molecular complexity index is 522. The highest BCUT2D eigenvalue weighted by atomic mass is 16.4. The highest BCUT2D eigenvalue weighted by Gasteiger charge is 2.21. The van der Waals surface area contributed by atoms with E-state index in [1.807, 2.05) is 6.92 Å². The molecule has 14 heavy (non-hydrogen) atoms. The van der Waals surface area contributed by atoms with E-state index in [0.29, 0.717) is 11.3 Å². The fraction of sp³-hybridized carbons (Fsp3) is 0.333. The van der Waals surface area contributed by atoms with Crippen molar-refractivity contribution in [2.75, 3.05) is 5.73 Å². The lowest BCUT2D eigenvalue weighted by atomic mass is 10.1. The van der Waals surface area contributed by atoms with Gasteiger partial charge in [-0.05, 0) is 13.8 Å². The van der Waals surface area contributed by atoms with Crippen LogP contribution < -0.4 is 5.73 Å². The van der Waals surface area contributed by atoms with Crippen molar-refractivity contribution >= 4 is 22.8 Å². The molecule has 0 radical (unpaired) electrons. The average molecular weight is 193 g/mol. The van der Waals surface area contributed by atoms with E-state index in [4.69, 9.17) is 10.2 Å². The molecular formula is C9H11N3O2. The lowest BCUT2D eigenvalue weighted by Crippen LogP contribution is -1.96. The van der Waals surface area contributed by atoms with Crippen LogP contribution in [0.4, 0.5) is 5.88 Å². The molecule has 2 heterocycles. The number of aryl methyl sites for hydroxylation is 2. The molecule has 0 saturated heterocycles. The summed E-state index contributed by atoms with van der Waals surface area (Å²) in [5, 5.41) is 4.87. The van der Waals surface area contributed by atoms with Gasteiger partial charge >= 0.3 is 0 Å². The number of fused-ring (bicyclic) bond motifs is 1. The van der Waals surface area contributed by atoms with Crippen LogP contribution in [-0.2, 0) is 7.05 Å². The Hall–Kier alpha value is -1.78. The van der Waals surface area contributed by atoms with Gasteiger partial charge in [-0.25, -0.2) is 4.68 Å². The van der Waals surface area contributed by atoms with Crippen molar-refractivity contribution in [3.8, 4) is 0 Å². The zero-order chi connectivity index (χ0) is 10.5. The molecule has 0 amide bonds. The highest BCUT2D eigenvalue weighted by molar-refractivity contribution is 6.10. The summed E-state index contributed by atoms with van der Waals surface area (Å²) in [6.07, 6.45) is 0. The Labute approximate surface area is 80.5 Å². The summed E-state index contributed by atoms with van der Waals surface area (Å²) in [5.74, 6) is 0.0703. The number of rotatable bonds is 1. The number of nitrogens with zero attached hydrogens (tertiary/aromatic N) is 2. The molecule has 0 saturated carbocycles. The number of aromatic nitrogens is 2. The maximum atomic E-state index is 11.3. The van der Waals surface area contributed by atoms with Crippen LogP contribution in [0, 0.1) is 6.92 Å². The molecule has 0 bridgehead atoms. The van der Waals surface area contributed by atoms with E-state index in [2.05, 4.69) is 5.10 Å². The number of furan rings is 1. The van der Waals surface area contributed by atoms with Gasteiger partial charge in [0.15, 0.2) is 5.78 Å². The van der Waals surface area contributed by atoms with Crippen molar-refractivity contribution in [3.05, 3.63) is 11.3 Å². The zero-order valence-corrected chi connectivity index (χ0v) is 8.29.